The highest BCUT2D eigenvalue weighted by molar-refractivity contribution is 6.03. The second-order valence-electron chi connectivity index (χ2n) is 6.06. The standard InChI is InChI=1S/C13H16N2O5/c1-20-11(19)13-4-12(5-13,6-13)10(18)14-7-2-3-8(16)15-9(7)17/h7H,2-6H2,1H3,(H,14,18)(H,15,16,17). The van der Waals surface area contributed by atoms with Crippen molar-refractivity contribution < 1.29 is 23.9 Å². The van der Waals surface area contributed by atoms with Gasteiger partial charge in [-0.05, 0) is 25.7 Å². The number of hydrogen-bond acceptors (Lipinski definition) is 5. The van der Waals surface area contributed by atoms with Gasteiger partial charge in [0.15, 0.2) is 0 Å². The highest BCUT2D eigenvalue weighted by Gasteiger charge is 2.75. The number of methoxy groups -OCH3 is 1. The molecule has 1 heterocycles. The molecule has 20 heavy (non-hydrogen) atoms. The van der Waals surface area contributed by atoms with E-state index in [0.717, 1.165) is 0 Å². The van der Waals surface area contributed by atoms with Crippen molar-refractivity contribution in [3.8, 4) is 0 Å². The summed E-state index contributed by atoms with van der Waals surface area (Å²) < 4.78 is 4.73. The van der Waals surface area contributed by atoms with Gasteiger partial charge < -0.3 is 10.1 Å². The number of piperidine rings is 1. The van der Waals surface area contributed by atoms with E-state index >= 15 is 0 Å². The van der Waals surface area contributed by atoms with Crippen LogP contribution in [-0.2, 0) is 23.9 Å². The van der Waals surface area contributed by atoms with E-state index in [-0.39, 0.29) is 24.2 Å². The zero-order chi connectivity index (χ0) is 14.5. The monoisotopic (exact) mass is 280 g/mol. The molecule has 3 saturated carbocycles. The summed E-state index contributed by atoms with van der Waals surface area (Å²) in [6, 6.07) is -0.650. The zero-order valence-electron chi connectivity index (χ0n) is 11.2. The van der Waals surface area contributed by atoms with E-state index in [1.807, 2.05) is 0 Å². The molecular weight excluding hydrogens is 264 g/mol. The van der Waals surface area contributed by atoms with Gasteiger partial charge in [-0.2, -0.15) is 0 Å². The summed E-state index contributed by atoms with van der Waals surface area (Å²) in [4.78, 5) is 46.4. The van der Waals surface area contributed by atoms with Crippen LogP contribution in [0.1, 0.15) is 32.1 Å². The first kappa shape index (κ1) is 13.1. The van der Waals surface area contributed by atoms with Crippen LogP contribution in [0.25, 0.3) is 0 Å². The maximum atomic E-state index is 12.2. The summed E-state index contributed by atoms with van der Waals surface area (Å²) >= 11 is 0. The number of nitrogens with one attached hydrogen (secondary N) is 2. The van der Waals surface area contributed by atoms with Gasteiger partial charge in [-0.25, -0.2) is 0 Å². The molecule has 1 atom stereocenters. The first-order valence-electron chi connectivity index (χ1n) is 6.64. The topological polar surface area (TPSA) is 102 Å². The van der Waals surface area contributed by atoms with E-state index in [2.05, 4.69) is 10.6 Å². The van der Waals surface area contributed by atoms with Gasteiger partial charge in [0, 0.05) is 6.42 Å². The molecule has 3 aliphatic carbocycles. The zero-order valence-corrected chi connectivity index (χ0v) is 11.2. The van der Waals surface area contributed by atoms with Gasteiger partial charge in [0.1, 0.15) is 6.04 Å². The molecule has 2 N–H and O–H groups in total. The van der Waals surface area contributed by atoms with E-state index < -0.39 is 22.8 Å². The number of hydrogen-bond donors (Lipinski definition) is 2. The lowest BCUT2D eigenvalue weighted by Gasteiger charge is -2.67. The Hall–Kier alpha value is -1.92. The Morgan fingerprint density at radius 2 is 1.90 bits per heavy atom. The third kappa shape index (κ3) is 1.65. The quantitative estimate of drug-likeness (QED) is 0.523. The van der Waals surface area contributed by atoms with Crippen LogP contribution in [0.2, 0.25) is 0 Å². The van der Waals surface area contributed by atoms with E-state index in [1.165, 1.54) is 7.11 Å². The SMILES string of the molecule is COC(=O)C12CC(C(=O)NC3CCC(=O)NC3=O)(C1)C2. The fraction of sp³-hybridized carbons (Fsp3) is 0.692. The normalized spacial score (nSPS) is 38.1. The lowest BCUT2D eigenvalue weighted by atomic mass is 9.35. The van der Waals surface area contributed by atoms with Crippen LogP contribution >= 0.6 is 0 Å². The Morgan fingerprint density at radius 1 is 1.25 bits per heavy atom. The van der Waals surface area contributed by atoms with E-state index in [0.29, 0.717) is 25.7 Å². The van der Waals surface area contributed by atoms with Crippen molar-refractivity contribution >= 4 is 23.7 Å². The van der Waals surface area contributed by atoms with Crippen molar-refractivity contribution in [2.45, 2.75) is 38.1 Å². The summed E-state index contributed by atoms with van der Waals surface area (Å²) in [6.45, 7) is 0. The minimum Gasteiger partial charge on any atom is -0.469 e. The van der Waals surface area contributed by atoms with Gasteiger partial charge in [-0.1, -0.05) is 0 Å². The number of esters is 1. The number of carbonyl (C=O) groups is 4. The molecule has 0 aromatic carbocycles. The van der Waals surface area contributed by atoms with Crippen molar-refractivity contribution in [2.75, 3.05) is 7.11 Å². The number of imide groups is 1. The van der Waals surface area contributed by atoms with E-state index in [4.69, 9.17) is 4.74 Å². The minimum absolute atomic E-state index is 0.197. The van der Waals surface area contributed by atoms with Gasteiger partial charge in [0.05, 0.1) is 17.9 Å². The Kier molecular flexibility index (Phi) is 2.64. The van der Waals surface area contributed by atoms with Crippen LogP contribution in [0.15, 0.2) is 0 Å². The van der Waals surface area contributed by atoms with Gasteiger partial charge in [0.25, 0.3) is 0 Å². The molecule has 2 bridgehead atoms. The molecule has 7 nitrogen and oxygen atoms in total. The van der Waals surface area contributed by atoms with Crippen molar-refractivity contribution in [3.05, 3.63) is 0 Å². The predicted octanol–water partition coefficient (Wildman–Crippen LogP) is -0.749. The summed E-state index contributed by atoms with van der Waals surface area (Å²) in [5, 5.41) is 4.89. The summed E-state index contributed by atoms with van der Waals surface area (Å²) in [7, 11) is 1.35. The Bertz CT molecular complexity index is 507. The van der Waals surface area contributed by atoms with E-state index in [9.17, 15) is 19.2 Å². The largest absolute Gasteiger partial charge is 0.469 e. The predicted molar refractivity (Wildman–Crippen MR) is 65.0 cm³/mol. The average molecular weight is 280 g/mol. The molecule has 0 radical (unpaired) electrons. The lowest BCUT2D eigenvalue weighted by molar-refractivity contribution is -0.223. The van der Waals surface area contributed by atoms with Crippen LogP contribution < -0.4 is 10.6 Å². The molecule has 0 aromatic heterocycles. The second-order valence-corrected chi connectivity index (χ2v) is 6.06. The van der Waals surface area contributed by atoms with Crippen LogP contribution in [0.3, 0.4) is 0 Å². The molecule has 4 aliphatic rings. The molecule has 3 amide bonds. The Labute approximate surface area is 115 Å². The fourth-order valence-corrected chi connectivity index (χ4v) is 3.60. The van der Waals surface area contributed by atoms with Crippen molar-refractivity contribution in [1.29, 1.82) is 0 Å². The molecule has 0 spiro atoms. The Balaban J connectivity index is 1.57. The van der Waals surface area contributed by atoms with Crippen molar-refractivity contribution in [1.82, 2.24) is 10.6 Å². The number of rotatable bonds is 3. The Morgan fingerprint density at radius 3 is 2.45 bits per heavy atom. The molecule has 1 aliphatic heterocycles. The molecule has 4 fully saturated rings. The highest BCUT2D eigenvalue weighted by atomic mass is 16.5. The molecular formula is C13H16N2O5. The van der Waals surface area contributed by atoms with Crippen LogP contribution in [0, 0.1) is 10.8 Å². The maximum absolute atomic E-state index is 12.2. The van der Waals surface area contributed by atoms with Gasteiger partial charge in [0.2, 0.25) is 17.7 Å². The third-order valence-corrected chi connectivity index (χ3v) is 4.67. The molecule has 108 valence electrons. The van der Waals surface area contributed by atoms with Gasteiger partial charge in [-0.3, -0.25) is 24.5 Å². The number of amides is 3. The minimum atomic E-state index is -0.650. The first-order chi connectivity index (χ1) is 9.41. The highest BCUT2D eigenvalue weighted by Crippen LogP contribution is 2.73. The smallest absolute Gasteiger partial charge is 0.311 e. The fourth-order valence-electron chi connectivity index (χ4n) is 3.60. The summed E-state index contributed by atoms with van der Waals surface area (Å²) in [5.74, 6) is -1.22. The molecule has 1 unspecified atom stereocenters. The van der Waals surface area contributed by atoms with Crippen LogP contribution in [-0.4, -0.2) is 36.8 Å². The molecule has 0 aromatic rings. The number of carbonyl (C=O) groups excluding carboxylic acids is 4. The average Bonchev–Trinajstić information content (AvgIpc) is 2.29. The van der Waals surface area contributed by atoms with Crippen LogP contribution in [0.4, 0.5) is 0 Å². The summed E-state index contributed by atoms with van der Waals surface area (Å²) in [6.07, 6.45) is 2.04. The summed E-state index contributed by atoms with van der Waals surface area (Å²) in [5.41, 5.74) is -0.993. The van der Waals surface area contributed by atoms with E-state index in [1.54, 1.807) is 0 Å². The maximum Gasteiger partial charge on any atom is 0.311 e. The lowest BCUT2D eigenvalue weighted by Crippen LogP contribution is -2.72. The number of ether oxygens (including phenoxy) is 1. The van der Waals surface area contributed by atoms with Gasteiger partial charge >= 0.3 is 5.97 Å². The van der Waals surface area contributed by atoms with Crippen LogP contribution in [0.5, 0.6) is 0 Å². The second kappa shape index (κ2) is 4.04. The van der Waals surface area contributed by atoms with Gasteiger partial charge in [-0.15, -0.1) is 0 Å². The molecule has 1 saturated heterocycles. The van der Waals surface area contributed by atoms with Crippen molar-refractivity contribution in [3.63, 3.8) is 0 Å². The molecule has 7 heteroatoms. The van der Waals surface area contributed by atoms with Crippen molar-refractivity contribution in [2.24, 2.45) is 10.8 Å². The first-order valence-corrected chi connectivity index (χ1v) is 6.64. The third-order valence-electron chi connectivity index (χ3n) is 4.67. The molecule has 4 rings (SSSR count).